The fourth-order valence-electron chi connectivity index (χ4n) is 2.34. The van der Waals surface area contributed by atoms with Gasteiger partial charge in [-0.1, -0.05) is 18.2 Å². The van der Waals surface area contributed by atoms with Crippen LogP contribution in [0.25, 0.3) is 0 Å². The fraction of sp³-hybridized carbons (Fsp3) is 0.188. The summed E-state index contributed by atoms with van der Waals surface area (Å²) in [5.74, 6) is -0.610. The summed E-state index contributed by atoms with van der Waals surface area (Å²) in [5, 5.41) is 11.2. The van der Waals surface area contributed by atoms with E-state index in [2.05, 4.69) is 4.74 Å². The van der Waals surface area contributed by atoms with Gasteiger partial charge in [-0.25, -0.2) is 13.2 Å². The fourth-order valence-corrected chi connectivity index (χ4v) is 3.97. The van der Waals surface area contributed by atoms with Gasteiger partial charge in [0.1, 0.15) is 0 Å². The van der Waals surface area contributed by atoms with E-state index in [1.165, 1.54) is 49.6 Å². The van der Waals surface area contributed by atoms with Crippen molar-refractivity contribution >= 4 is 27.4 Å². The van der Waals surface area contributed by atoms with E-state index in [1.807, 2.05) is 0 Å². The number of hydrogen-bond donors (Lipinski definition) is 0. The van der Waals surface area contributed by atoms with Crippen LogP contribution in [0.15, 0.2) is 53.4 Å². The number of sulfonamides is 1. The molecule has 2 aromatic carbocycles. The van der Waals surface area contributed by atoms with E-state index >= 15 is 0 Å². The smallest absolute Gasteiger partial charge is 0.337 e. The molecule has 9 heteroatoms. The van der Waals surface area contributed by atoms with Crippen molar-refractivity contribution in [3.05, 3.63) is 64.2 Å². The molecule has 2 aromatic rings. The number of esters is 1. The van der Waals surface area contributed by atoms with Crippen molar-refractivity contribution in [2.75, 3.05) is 18.0 Å². The highest BCUT2D eigenvalue weighted by Gasteiger charge is 2.31. The predicted molar refractivity (Wildman–Crippen MR) is 91.1 cm³/mol. The van der Waals surface area contributed by atoms with Crippen molar-refractivity contribution in [3.63, 3.8) is 0 Å². The molecule has 0 saturated heterocycles. The minimum atomic E-state index is -4.19. The Morgan fingerprint density at radius 1 is 1.20 bits per heavy atom. The van der Waals surface area contributed by atoms with E-state index in [1.54, 1.807) is 6.92 Å². The molecule has 0 radical (unpaired) electrons. The molecule has 25 heavy (non-hydrogen) atoms. The number of nitro benzene ring substituents is 1. The van der Waals surface area contributed by atoms with Gasteiger partial charge in [0, 0.05) is 12.6 Å². The van der Waals surface area contributed by atoms with Crippen LogP contribution in [0, 0.1) is 10.1 Å². The van der Waals surface area contributed by atoms with E-state index in [9.17, 15) is 23.3 Å². The van der Waals surface area contributed by atoms with Gasteiger partial charge in [-0.3, -0.25) is 14.4 Å². The quantitative estimate of drug-likeness (QED) is 0.443. The van der Waals surface area contributed by atoms with Crippen LogP contribution in [-0.2, 0) is 14.8 Å². The lowest BCUT2D eigenvalue weighted by Crippen LogP contribution is -2.31. The highest BCUT2D eigenvalue weighted by atomic mass is 32.2. The van der Waals surface area contributed by atoms with Crippen LogP contribution in [0.2, 0.25) is 0 Å². The van der Waals surface area contributed by atoms with Crippen molar-refractivity contribution in [1.82, 2.24) is 0 Å². The zero-order valence-electron chi connectivity index (χ0n) is 13.6. The summed E-state index contributed by atoms with van der Waals surface area (Å²) in [5.41, 5.74) is -0.121. The van der Waals surface area contributed by atoms with Crippen molar-refractivity contribution in [3.8, 4) is 0 Å². The molecule has 0 heterocycles. The maximum atomic E-state index is 12.9. The standard InChI is InChI=1S/C16H16N2O6S/c1-3-17(13-8-6-7-12(11-13)16(19)24-2)25(22,23)15-10-5-4-9-14(15)18(20)21/h4-11H,3H2,1-2H3. The zero-order valence-corrected chi connectivity index (χ0v) is 14.4. The Labute approximate surface area is 144 Å². The number of ether oxygens (including phenoxy) is 1. The molecule has 132 valence electrons. The average Bonchev–Trinajstić information content (AvgIpc) is 2.61. The molecule has 0 saturated carbocycles. The van der Waals surface area contributed by atoms with Gasteiger partial charge in [0.05, 0.1) is 23.3 Å². The Morgan fingerprint density at radius 3 is 2.48 bits per heavy atom. The summed E-state index contributed by atoms with van der Waals surface area (Å²) in [6, 6.07) is 11.0. The van der Waals surface area contributed by atoms with Crippen LogP contribution in [0.1, 0.15) is 17.3 Å². The molecule has 0 aliphatic heterocycles. The molecule has 8 nitrogen and oxygen atoms in total. The largest absolute Gasteiger partial charge is 0.465 e. The van der Waals surface area contributed by atoms with Gasteiger partial charge in [-0.05, 0) is 31.2 Å². The first-order valence-electron chi connectivity index (χ1n) is 7.27. The van der Waals surface area contributed by atoms with Crippen molar-refractivity contribution in [2.45, 2.75) is 11.8 Å². The molecule has 0 bridgehead atoms. The number of benzene rings is 2. The third-order valence-electron chi connectivity index (χ3n) is 3.47. The molecule has 0 atom stereocenters. The highest BCUT2D eigenvalue weighted by Crippen LogP contribution is 2.30. The van der Waals surface area contributed by atoms with Crippen LogP contribution < -0.4 is 4.31 Å². The number of nitro groups is 1. The van der Waals surface area contributed by atoms with Gasteiger partial charge in [0.15, 0.2) is 4.90 Å². The lowest BCUT2D eigenvalue weighted by Gasteiger charge is -2.23. The second-order valence-corrected chi connectivity index (χ2v) is 6.77. The Bertz CT molecular complexity index is 910. The molecule has 0 aromatic heterocycles. The molecule has 0 N–H and O–H groups in total. The van der Waals surface area contributed by atoms with E-state index in [-0.39, 0.29) is 17.8 Å². The summed E-state index contributed by atoms with van der Waals surface area (Å²) in [4.78, 5) is 21.7. The zero-order chi connectivity index (χ0) is 18.6. The topological polar surface area (TPSA) is 107 Å². The van der Waals surface area contributed by atoms with Crippen LogP contribution >= 0.6 is 0 Å². The van der Waals surface area contributed by atoms with E-state index < -0.39 is 31.5 Å². The molecule has 0 aliphatic rings. The molecular formula is C16H16N2O6S. The number of carbonyl (C=O) groups excluding carboxylic acids is 1. The lowest BCUT2D eigenvalue weighted by molar-refractivity contribution is -0.387. The molecule has 0 unspecified atom stereocenters. The van der Waals surface area contributed by atoms with Crippen molar-refractivity contribution < 1.29 is 22.9 Å². The maximum absolute atomic E-state index is 12.9. The summed E-state index contributed by atoms with van der Waals surface area (Å²) in [6.07, 6.45) is 0. The van der Waals surface area contributed by atoms with E-state index in [0.29, 0.717) is 0 Å². The van der Waals surface area contributed by atoms with Crippen LogP contribution in [-0.4, -0.2) is 33.0 Å². The van der Waals surface area contributed by atoms with E-state index in [0.717, 1.165) is 10.4 Å². The Morgan fingerprint density at radius 2 is 1.88 bits per heavy atom. The number of carbonyl (C=O) groups is 1. The van der Waals surface area contributed by atoms with Crippen LogP contribution in [0.4, 0.5) is 11.4 Å². The average molecular weight is 364 g/mol. The lowest BCUT2D eigenvalue weighted by atomic mass is 10.2. The van der Waals surface area contributed by atoms with Gasteiger partial charge in [0.25, 0.3) is 15.7 Å². The molecule has 2 rings (SSSR count). The first-order chi connectivity index (χ1) is 11.8. The van der Waals surface area contributed by atoms with Gasteiger partial charge >= 0.3 is 5.97 Å². The molecule has 0 amide bonds. The van der Waals surface area contributed by atoms with Gasteiger partial charge in [0.2, 0.25) is 0 Å². The van der Waals surface area contributed by atoms with E-state index in [4.69, 9.17) is 0 Å². The Kier molecular flexibility index (Phi) is 5.38. The number of nitrogens with zero attached hydrogens (tertiary/aromatic N) is 2. The van der Waals surface area contributed by atoms with Crippen LogP contribution in [0.5, 0.6) is 0 Å². The minimum absolute atomic E-state index is 0.0268. The van der Waals surface area contributed by atoms with Gasteiger partial charge in [-0.15, -0.1) is 0 Å². The Hall–Kier alpha value is -2.94. The monoisotopic (exact) mass is 364 g/mol. The first-order valence-corrected chi connectivity index (χ1v) is 8.71. The summed E-state index contributed by atoms with van der Waals surface area (Å²) >= 11 is 0. The number of para-hydroxylation sites is 1. The maximum Gasteiger partial charge on any atom is 0.337 e. The van der Waals surface area contributed by atoms with Crippen LogP contribution in [0.3, 0.4) is 0 Å². The first kappa shape index (κ1) is 18.4. The molecular weight excluding hydrogens is 348 g/mol. The normalized spacial score (nSPS) is 11.0. The third kappa shape index (κ3) is 3.61. The molecule has 0 aliphatic carbocycles. The van der Waals surface area contributed by atoms with Gasteiger partial charge in [-0.2, -0.15) is 0 Å². The number of hydrogen-bond acceptors (Lipinski definition) is 6. The second-order valence-electron chi connectivity index (χ2n) is 4.94. The minimum Gasteiger partial charge on any atom is -0.465 e. The highest BCUT2D eigenvalue weighted by molar-refractivity contribution is 7.93. The number of rotatable bonds is 6. The number of anilines is 1. The second kappa shape index (κ2) is 7.31. The van der Waals surface area contributed by atoms with Crippen molar-refractivity contribution in [1.29, 1.82) is 0 Å². The summed E-state index contributed by atoms with van der Waals surface area (Å²) < 4.78 is 31.5. The number of methoxy groups -OCH3 is 1. The van der Waals surface area contributed by atoms with Crippen molar-refractivity contribution in [2.24, 2.45) is 0 Å². The third-order valence-corrected chi connectivity index (χ3v) is 5.42. The molecule has 0 spiro atoms. The predicted octanol–water partition coefficient (Wildman–Crippen LogP) is 2.60. The summed E-state index contributed by atoms with van der Waals surface area (Å²) in [6.45, 7) is 1.62. The SMILES string of the molecule is CCN(c1cccc(C(=O)OC)c1)S(=O)(=O)c1ccccc1[N+](=O)[O-]. The van der Waals surface area contributed by atoms with Gasteiger partial charge < -0.3 is 4.74 Å². The molecule has 0 fully saturated rings. The Balaban J connectivity index is 2.58. The summed E-state index contributed by atoms with van der Waals surface area (Å²) in [7, 11) is -2.97.